The minimum atomic E-state index is -0.821. The Morgan fingerprint density at radius 1 is 1.32 bits per heavy atom. The van der Waals surface area contributed by atoms with E-state index in [2.05, 4.69) is 46.8 Å². The zero-order chi connectivity index (χ0) is 18.9. The molecule has 0 aliphatic carbocycles. The van der Waals surface area contributed by atoms with E-state index in [1.165, 1.54) is 0 Å². The summed E-state index contributed by atoms with van der Waals surface area (Å²) < 4.78 is 0. The fourth-order valence-electron chi connectivity index (χ4n) is 4.08. The molecule has 1 aliphatic heterocycles. The fourth-order valence-corrected chi connectivity index (χ4v) is 4.08. The van der Waals surface area contributed by atoms with Gasteiger partial charge in [0.05, 0.1) is 6.42 Å². The third-order valence-corrected chi connectivity index (χ3v) is 5.65. The first-order valence-electron chi connectivity index (χ1n) is 10.1. The van der Waals surface area contributed by atoms with Gasteiger partial charge in [-0.1, -0.05) is 53.2 Å². The Morgan fingerprint density at radius 3 is 2.56 bits per heavy atom. The van der Waals surface area contributed by atoms with Crippen molar-refractivity contribution in [1.29, 1.82) is 0 Å². The molecule has 0 radical (unpaired) electrons. The van der Waals surface area contributed by atoms with Gasteiger partial charge in [-0.3, -0.25) is 4.79 Å². The van der Waals surface area contributed by atoms with E-state index in [0.717, 1.165) is 44.9 Å². The smallest absolute Gasteiger partial charge is 0.306 e. The Labute approximate surface area is 153 Å². The first-order chi connectivity index (χ1) is 11.9. The van der Waals surface area contributed by atoms with Gasteiger partial charge in [-0.15, -0.1) is 0 Å². The van der Waals surface area contributed by atoms with Crippen molar-refractivity contribution in [3.05, 3.63) is 12.2 Å². The molecule has 4 heteroatoms. The molecule has 0 spiro atoms. The van der Waals surface area contributed by atoms with Crippen LogP contribution in [0.5, 0.6) is 0 Å². The molecule has 1 N–H and O–H groups in total. The van der Waals surface area contributed by atoms with Crippen molar-refractivity contribution in [2.75, 3.05) is 0 Å². The third-order valence-electron chi connectivity index (χ3n) is 5.65. The summed E-state index contributed by atoms with van der Waals surface area (Å²) in [5, 5.41) is 9.07. The van der Waals surface area contributed by atoms with Gasteiger partial charge in [0.1, 0.15) is 11.7 Å². The number of aliphatic carboxylic acids is 1. The van der Waals surface area contributed by atoms with E-state index < -0.39 is 5.97 Å². The number of allylic oxidation sites excluding steroid dienone is 2. The van der Waals surface area contributed by atoms with E-state index in [0.29, 0.717) is 11.8 Å². The Balaban J connectivity index is 2.70. The third kappa shape index (κ3) is 7.10. The highest BCUT2D eigenvalue weighted by atomic mass is 17.2. The van der Waals surface area contributed by atoms with Crippen LogP contribution in [0.25, 0.3) is 0 Å². The van der Waals surface area contributed by atoms with Crippen LogP contribution in [-0.2, 0) is 14.6 Å². The molecular weight excluding hydrogens is 316 g/mol. The summed E-state index contributed by atoms with van der Waals surface area (Å²) in [5.41, 5.74) is -0.276. The molecule has 1 rings (SSSR count). The molecule has 0 saturated carbocycles. The SMILES string of the molecule is CC/C=C/C(CC)CC(C)C[C@]1(CC)C[C@H](CC)[C@H](CC(=O)O)OO1. The van der Waals surface area contributed by atoms with Crippen molar-refractivity contribution in [1.82, 2.24) is 0 Å². The maximum absolute atomic E-state index is 11.0. The molecule has 1 fully saturated rings. The monoisotopic (exact) mass is 354 g/mol. The minimum absolute atomic E-state index is 0.0214. The summed E-state index contributed by atoms with van der Waals surface area (Å²) in [5.74, 6) is 0.593. The second-order valence-electron chi connectivity index (χ2n) is 7.77. The summed E-state index contributed by atoms with van der Waals surface area (Å²) in [6.45, 7) is 11.0. The number of carboxylic acids is 1. The van der Waals surface area contributed by atoms with Crippen LogP contribution in [-0.4, -0.2) is 22.8 Å². The number of hydrogen-bond donors (Lipinski definition) is 1. The number of hydrogen-bond acceptors (Lipinski definition) is 3. The number of carboxylic acid groups (broad SMARTS) is 1. The lowest BCUT2D eigenvalue weighted by atomic mass is 9.76. The summed E-state index contributed by atoms with van der Waals surface area (Å²) in [6, 6.07) is 0. The van der Waals surface area contributed by atoms with E-state index in [4.69, 9.17) is 14.9 Å². The van der Waals surface area contributed by atoms with Crippen molar-refractivity contribution in [2.45, 2.75) is 97.7 Å². The van der Waals surface area contributed by atoms with Crippen LogP contribution < -0.4 is 0 Å². The lowest BCUT2D eigenvalue weighted by Gasteiger charge is -2.43. The van der Waals surface area contributed by atoms with Crippen molar-refractivity contribution in [3.63, 3.8) is 0 Å². The van der Waals surface area contributed by atoms with E-state index in [-0.39, 0.29) is 24.0 Å². The second-order valence-corrected chi connectivity index (χ2v) is 7.77. The Morgan fingerprint density at radius 2 is 2.04 bits per heavy atom. The predicted octanol–water partition coefficient (Wildman–Crippen LogP) is 5.77. The first kappa shape index (κ1) is 22.2. The quantitative estimate of drug-likeness (QED) is 0.378. The van der Waals surface area contributed by atoms with E-state index in [9.17, 15) is 4.79 Å². The largest absolute Gasteiger partial charge is 0.481 e. The topological polar surface area (TPSA) is 55.8 Å². The highest BCUT2D eigenvalue weighted by Gasteiger charge is 2.43. The van der Waals surface area contributed by atoms with Crippen molar-refractivity contribution < 1.29 is 19.7 Å². The average Bonchev–Trinajstić information content (AvgIpc) is 2.59. The molecule has 4 nitrogen and oxygen atoms in total. The normalized spacial score (nSPS) is 29.6. The minimum Gasteiger partial charge on any atom is -0.481 e. The van der Waals surface area contributed by atoms with Crippen molar-refractivity contribution >= 4 is 5.97 Å². The maximum atomic E-state index is 11.0. The molecule has 1 saturated heterocycles. The van der Waals surface area contributed by atoms with Gasteiger partial charge in [-0.25, -0.2) is 9.78 Å². The lowest BCUT2D eigenvalue weighted by molar-refractivity contribution is -0.424. The average molecular weight is 355 g/mol. The number of rotatable bonds is 11. The van der Waals surface area contributed by atoms with Crippen LogP contribution in [0.4, 0.5) is 0 Å². The molecule has 0 aromatic carbocycles. The lowest BCUT2D eigenvalue weighted by Crippen LogP contribution is -2.46. The molecule has 5 atom stereocenters. The Bertz CT molecular complexity index is 420. The zero-order valence-electron chi connectivity index (χ0n) is 16.8. The van der Waals surface area contributed by atoms with Gasteiger partial charge in [-0.05, 0) is 56.3 Å². The summed E-state index contributed by atoms with van der Waals surface area (Å²) in [6.07, 6.45) is 11.4. The van der Waals surface area contributed by atoms with Crippen LogP contribution in [0.2, 0.25) is 0 Å². The molecular formula is C21H38O4. The van der Waals surface area contributed by atoms with Crippen LogP contribution in [0, 0.1) is 17.8 Å². The number of carbonyl (C=O) groups is 1. The summed E-state index contributed by atoms with van der Waals surface area (Å²) in [4.78, 5) is 22.5. The summed E-state index contributed by atoms with van der Waals surface area (Å²) >= 11 is 0. The molecule has 0 amide bonds. The predicted molar refractivity (Wildman–Crippen MR) is 101 cm³/mol. The maximum Gasteiger partial charge on any atom is 0.306 e. The molecule has 0 bridgehead atoms. The van der Waals surface area contributed by atoms with Crippen LogP contribution in [0.3, 0.4) is 0 Å². The first-order valence-corrected chi connectivity index (χ1v) is 10.1. The van der Waals surface area contributed by atoms with E-state index in [1.54, 1.807) is 0 Å². The highest BCUT2D eigenvalue weighted by Crippen LogP contribution is 2.41. The molecule has 1 aliphatic rings. The van der Waals surface area contributed by atoms with Gasteiger partial charge in [0.15, 0.2) is 0 Å². The Kier molecular flexibility index (Phi) is 9.73. The molecule has 1 heterocycles. The van der Waals surface area contributed by atoms with Crippen LogP contribution in [0.1, 0.15) is 86.0 Å². The van der Waals surface area contributed by atoms with Gasteiger partial charge in [0, 0.05) is 0 Å². The van der Waals surface area contributed by atoms with Crippen LogP contribution >= 0.6 is 0 Å². The van der Waals surface area contributed by atoms with E-state index in [1.807, 2.05) is 0 Å². The zero-order valence-corrected chi connectivity index (χ0v) is 16.8. The molecule has 0 aromatic rings. The van der Waals surface area contributed by atoms with Gasteiger partial charge < -0.3 is 5.11 Å². The van der Waals surface area contributed by atoms with Crippen LogP contribution in [0.15, 0.2) is 12.2 Å². The van der Waals surface area contributed by atoms with E-state index >= 15 is 0 Å². The summed E-state index contributed by atoms with van der Waals surface area (Å²) in [7, 11) is 0. The molecule has 2 unspecified atom stereocenters. The second kappa shape index (κ2) is 11.0. The fraction of sp³-hybridized carbons (Fsp3) is 0.857. The van der Waals surface area contributed by atoms with Gasteiger partial charge in [-0.2, -0.15) is 0 Å². The molecule has 0 aromatic heterocycles. The van der Waals surface area contributed by atoms with Gasteiger partial charge in [0.2, 0.25) is 0 Å². The molecule has 146 valence electrons. The van der Waals surface area contributed by atoms with Crippen molar-refractivity contribution in [3.8, 4) is 0 Å². The highest BCUT2D eigenvalue weighted by molar-refractivity contribution is 5.67. The standard InChI is InChI=1S/C21H38O4/c1-6-10-11-17(7-2)12-16(5)14-21(9-4)15-18(8-3)19(24-25-21)13-20(22)23/h10-11,16-19H,6-9,12-15H2,1-5H3,(H,22,23)/b11-10+/t16?,17?,18-,19-,21+/m0/s1. The Hall–Kier alpha value is -0.870. The van der Waals surface area contributed by atoms with Gasteiger partial charge in [0.25, 0.3) is 0 Å². The van der Waals surface area contributed by atoms with Crippen molar-refractivity contribution in [2.24, 2.45) is 17.8 Å². The van der Waals surface area contributed by atoms with Gasteiger partial charge >= 0.3 is 5.97 Å². The molecule has 25 heavy (non-hydrogen) atoms.